The molecule has 2 aromatic rings. The van der Waals surface area contributed by atoms with Gasteiger partial charge in [-0.2, -0.15) is 0 Å². The first-order valence-corrected chi connectivity index (χ1v) is 5.62. The van der Waals surface area contributed by atoms with Crippen LogP contribution in [-0.2, 0) is 5.41 Å². The maximum atomic E-state index is 4.56. The molecule has 2 N–H and O–H groups in total. The number of aromatic amines is 1. The molecule has 0 unspecified atom stereocenters. The summed E-state index contributed by atoms with van der Waals surface area (Å²) in [6.07, 6.45) is 1.05. The van der Waals surface area contributed by atoms with Gasteiger partial charge in [-0.05, 0) is 18.6 Å². The number of pyridine rings is 1. The van der Waals surface area contributed by atoms with Gasteiger partial charge in [0.2, 0.25) is 0 Å². The number of hydrogen-bond donors (Lipinski definition) is 2. The maximum absolute atomic E-state index is 4.56. The quantitative estimate of drug-likeness (QED) is 0.832. The highest BCUT2D eigenvalue weighted by molar-refractivity contribution is 5.73. The van der Waals surface area contributed by atoms with Crippen molar-refractivity contribution in [1.82, 2.24) is 15.0 Å². The zero-order valence-corrected chi connectivity index (χ0v) is 10.3. The summed E-state index contributed by atoms with van der Waals surface area (Å²) >= 11 is 0. The Bertz CT molecular complexity index is 499. The monoisotopic (exact) mass is 218 g/mol. The van der Waals surface area contributed by atoms with Crippen LogP contribution >= 0.6 is 0 Å². The Kier molecular flexibility index (Phi) is 2.58. The smallest absolute Gasteiger partial charge is 0.179 e. The van der Waals surface area contributed by atoms with E-state index in [2.05, 4.69) is 41.0 Å². The third-order valence-electron chi connectivity index (χ3n) is 3.13. The van der Waals surface area contributed by atoms with Gasteiger partial charge < -0.3 is 10.3 Å². The molecular weight excluding hydrogens is 200 g/mol. The number of nitrogens with zero attached hydrogens (tertiary/aromatic N) is 2. The van der Waals surface area contributed by atoms with Crippen molar-refractivity contribution in [2.45, 2.75) is 32.6 Å². The van der Waals surface area contributed by atoms with Crippen LogP contribution in [0.5, 0.6) is 0 Å². The largest absolute Gasteiger partial charge is 0.373 e. The van der Waals surface area contributed by atoms with E-state index in [4.69, 9.17) is 0 Å². The molecule has 0 saturated heterocycles. The van der Waals surface area contributed by atoms with E-state index in [0.717, 1.165) is 29.2 Å². The van der Waals surface area contributed by atoms with Gasteiger partial charge in [-0.3, -0.25) is 0 Å². The lowest BCUT2D eigenvalue weighted by atomic mass is 9.90. The molecule has 4 heteroatoms. The van der Waals surface area contributed by atoms with E-state index < -0.39 is 0 Å². The van der Waals surface area contributed by atoms with E-state index in [1.54, 1.807) is 0 Å². The van der Waals surface area contributed by atoms with Crippen LogP contribution in [-0.4, -0.2) is 22.0 Å². The Hall–Kier alpha value is -1.58. The number of fused-ring (bicyclic) bond motifs is 1. The van der Waals surface area contributed by atoms with Crippen molar-refractivity contribution in [1.29, 1.82) is 0 Å². The molecule has 2 rings (SSSR count). The predicted molar refractivity (Wildman–Crippen MR) is 66.8 cm³/mol. The zero-order chi connectivity index (χ0) is 11.8. The van der Waals surface area contributed by atoms with Crippen LogP contribution in [0.1, 0.15) is 33.0 Å². The molecule has 0 aliphatic heterocycles. The first-order chi connectivity index (χ1) is 7.56. The molecule has 0 aromatic carbocycles. The van der Waals surface area contributed by atoms with Crippen LogP contribution in [0, 0.1) is 0 Å². The van der Waals surface area contributed by atoms with Crippen LogP contribution in [0.3, 0.4) is 0 Å². The van der Waals surface area contributed by atoms with Gasteiger partial charge in [-0.25, -0.2) is 9.97 Å². The van der Waals surface area contributed by atoms with Crippen LogP contribution < -0.4 is 5.32 Å². The Morgan fingerprint density at radius 1 is 1.31 bits per heavy atom. The molecule has 2 heterocycles. The molecule has 2 aromatic heterocycles. The standard InChI is InChI=1S/C12H18N4/c1-5-12(2,3)11-14-8-6-7-9(13-4)15-10(8)16-11/h6-7H,5H2,1-4H3,(H2,13,14,15,16). The van der Waals surface area contributed by atoms with E-state index in [-0.39, 0.29) is 5.41 Å². The minimum absolute atomic E-state index is 0.0699. The fourth-order valence-corrected chi connectivity index (χ4v) is 1.52. The van der Waals surface area contributed by atoms with Crippen molar-refractivity contribution in [3.8, 4) is 0 Å². The summed E-state index contributed by atoms with van der Waals surface area (Å²) in [5.41, 5.74) is 1.85. The fourth-order valence-electron chi connectivity index (χ4n) is 1.52. The van der Waals surface area contributed by atoms with Gasteiger partial charge in [0, 0.05) is 12.5 Å². The van der Waals surface area contributed by atoms with E-state index in [9.17, 15) is 0 Å². The zero-order valence-electron chi connectivity index (χ0n) is 10.3. The number of aromatic nitrogens is 3. The molecule has 0 bridgehead atoms. The molecule has 0 spiro atoms. The van der Waals surface area contributed by atoms with E-state index in [1.807, 2.05) is 19.2 Å². The third-order valence-corrected chi connectivity index (χ3v) is 3.13. The van der Waals surface area contributed by atoms with Crippen molar-refractivity contribution in [2.75, 3.05) is 12.4 Å². The summed E-state index contributed by atoms with van der Waals surface area (Å²) < 4.78 is 0. The van der Waals surface area contributed by atoms with Crippen molar-refractivity contribution < 1.29 is 0 Å². The Balaban J connectivity index is 2.52. The topological polar surface area (TPSA) is 53.6 Å². The van der Waals surface area contributed by atoms with Crippen molar-refractivity contribution >= 4 is 17.0 Å². The normalized spacial score (nSPS) is 12.0. The summed E-state index contributed by atoms with van der Waals surface area (Å²) in [6, 6.07) is 3.96. The third kappa shape index (κ3) is 1.75. The van der Waals surface area contributed by atoms with Gasteiger partial charge in [0.25, 0.3) is 0 Å². The van der Waals surface area contributed by atoms with Gasteiger partial charge >= 0.3 is 0 Å². The summed E-state index contributed by atoms with van der Waals surface area (Å²) in [5.74, 6) is 1.85. The average Bonchev–Trinajstić information content (AvgIpc) is 2.72. The van der Waals surface area contributed by atoms with Crippen LogP contribution in [0.25, 0.3) is 11.2 Å². The van der Waals surface area contributed by atoms with Crippen LogP contribution in [0.2, 0.25) is 0 Å². The van der Waals surface area contributed by atoms with Gasteiger partial charge in [0.15, 0.2) is 5.65 Å². The molecular formula is C12H18N4. The van der Waals surface area contributed by atoms with Crippen LogP contribution in [0.15, 0.2) is 12.1 Å². The average molecular weight is 218 g/mol. The molecule has 0 amide bonds. The molecule has 0 aliphatic rings. The van der Waals surface area contributed by atoms with Gasteiger partial charge in [0.1, 0.15) is 11.6 Å². The lowest BCUT2D eigenvalue weighted by Gasteiger charge is -2.18. The number of hydrogen-bond acceptors (Lipinski definition) is 3. The number of imidazole rings is 1. The minimum Gasteiger partial charge on any atom is -0.373 e. The highest BCUT2D eigenvalue weighted by Crippen LogP contribution is 2.25. The second kappa shape index (κ2) is 3.77. The summed E-state index contributed by atoms with van der Waals surface area (Å²) in [5, 5.41) is 3.02. The minimum atomic E-state index is 0.0699. The van der Waals surface area contributed by atoms with E-state index in [0.29, 0.717) is 0 Å². The summed E-state index contributed by atoms with van der Waals surface area (Å²) in [6.45, 7) is 6.53. The molecule has 4 nitrogen and oxygen atoms in total. The first kappa shape index (κ1) is 10.9. The number of H-pyrrole nitrogens is 1. The lowest BCUT2D eigenvalue weighted by molar-refractivity contribution is 0.479. The maximum Gasteiger partial charge on any atom is 0.179 e. The molecule has 0 radical (unpaired) electrons. The summed E-state index contributed by atoms with van der Waals surface area (Å²) in [4.78, 5) is 12.3. The molecule has 86 valence electrons. The van der Waals surface area contributed by atoms with E-state index >= 15 is 0 Å². The second-order valence-corrected chi connectivity index (χ2v) is 4.64. The van der Waals surface area contributed by atoms with Gasteiger partial charge in [-0.1, -0.05) is 20.8 Å². The van der Waals surface area contributed by atoms with E-state index in [1.165, 1.54) is 0 Å². The highest BCUT2D eigenvalue weighted by Gasteiger charge is 2.22. The molecule has 0 atom stereocenters. The highest BCUT2D eigenvalue weighted by atomic mass is 15.0. The number of anilines is 1. The Morgan fingerprint density at radius 3 is 2.69 bits per heavy atom. The molecule has 0 fully saturated rings. The van der Waals surface area contributed by atoms with Gasteiger partial charge in [-0.15, -0.1) is 0 Å². The molecule has 0 aliphatic carbocycles. The fraction of sp³-hybridized carbons (Fsp3) is 0.500. The first-order valence-electron chi connectivity index (χ1n) is 5.62. The predicted octanol–water partition coefficient (Wildman–Crippen LogP) is 2.69. The van der Waals surface area contributed by atoms with Gasteiger partial charge in [0.05, 0.1) is 5.52 Å². The molecule has 16 heavy (non-hydrogen) atoms. The number of nitrogens with one attached hydrogen (secondary N) is 2. The Labute approximate surface area is 95.5 Å². The molecule has 0 saturated carbocycles. The van der Waals surface area contributed by atoms with Crippen molar-refractivity contribution in [3.05, 3.63) is 18.0 Å². The summed E-state index contributed by atoms with van der Waals surface area (Å²) in [7, 11) is 1.86. The number of rotatable bonds is 3. The Morgan fingerprint density at radius 2 is 2.06 bits per heavy atom. The van der Waals surface area contributed by atoms with Crippen molar-refractivity contribution in [2.24, 2.45) is 0 Å². The van der Waals surface area contributed by atoms with Crippen molar-refractivity contribution in [3.63, 3.8) is 0 Å². The second-order valence-electron chi connectivity index (χ2n) is 4.64. The SMILES string of the molecule is CCC(C)(C)c1nc2nc(NC)ccc2[nH]1. The van der Waals surface area contributed by atoms with Crippen LogP contribution in [0.4, 0.5) is 5.82 Å². The lowest BCUT2D eigenvalue weighted by Crippen LogP contribution is -2.17.